The van der Waals surface area contributed by atoms with Crippen LogP contribution in [0.4, 0.5) is 5.95 Å². The molecule has 0 aliphatic heterocycles. The van der Waals surface area contributed by atoms with Gasteiger partial charge in [0.1, 0.15) is 0 Å². The number of carboxylic acid groups (broad SMARTS) is 1. The third-order valence-corrected chi connectivity index (χ3v) is 3.06. The van der Waals surface area contributed by atoms with Crippen LogP contribution in [0.15, 0.2) is 6.07 Å². The van der Waals surface area contributed by atoms with E-state index in [-0.39, 0.29) is 5.69 Å². The average Bonchev–Trinajstić information content (AvgIpc) is 3.13. The lowest BCUT2D eigenvalue weighted by Gasteiger charge is -2.22. The molecule has 1 aromatic rings. The number of anilines is 1. The lowest BCUT2D eigenvalue weighted by Crippen LogP contribution is -2.29. The largest absolute Gasteiger partial charge is 0.477 e. The second-order valence-corrected chi connectivity index (χ2v) is 4.78. The zero-order chi connectivity index (χ0) is 13.1. The molecule has 1 saturated carbocycles. The summed E-state index contributed by atoms with van der Waals surface area (Å²) in [7, 11) is 0. The molecule has 1 heterocycles. The number of unbranched alkanes of at least 4 members (excludes halogenated alkanes) is 1. The van der Waals surface area contributed by atoms with Crippen molar-refractivity contribution in [3.8, 4) is 0 Å². The van der Waals surface area contributed by atoms with Crippen molar-refractivity contribution in [2.24, 2.45) is 0 Å². The summed E-state index contributed by atoms with van der Waals surface area (Å²) < 4.78 is 0. The van der Waals surface area contributed by atoms with Crippen LogP contribution in [0.5, 0.6) is 0 Å². The molecule has 5 heteroatoms. The molecule has 1 aliphatic rings. The molecular formula is C13H19N3O2. The molecule has 0 unspecified atom stereocenters. The topological polar surface area (TPSA) is 66.3 Å². The Bertz CT molecular complexity index is 444. The first-order chi connectivity index (χ1) is 8.61. The van der Waals surface area contributed by atoms with Gasteiger partial charge in [-0.15, -0.1) is 0 Å². The smallest absolute Gasteiger partial charge is 0.354 e. The molecule has 98 valence electrons. The molecule has 1 aliphatic carbocycles. The highest BCUT2D eigenvalue weighted by Crippen LogP contribution is 2.30. The highest BCUT2D eigenvalue weighted by molar-refractivity contribution is 5.85. The van der Waals surface area contributed by atoms with Crippen molar-refractivity contribution in [1.29, 1.82) is 0 Å². The van der Waals surface area contributed by atoms with Gasteiger partial charge in [-0.25, -0.2) is 14.8 Å². The molecule has 0 spiro atoms. The number of rotatable bonds is 6. The highest BCUT2D eigenvalue weighted by Gasteiger charge is 2.30. The van der Waals surface area contributed by atoms with Gasteiger partial charge in [-0.2, -0.15) is 0 Å². The van der Waals surface area contributed by atoms with E-state index >= 15 is 0 Å². The Kier molecular flexibility index (Phi) is 3.79. The van der Waals surface area contributed by atoms with E-state index in [2.05, 4.69) is 21.8 Å². The summed E-state index contributed by atoms with van der Waals surface area (Å²) >= 11 is 0. The van der Waals surface area contributed by atoms with Crippen LogP contribution in [0.25, 0.3) is 0 Å². The third-order valence-electron chi connectivity index (χ3n) is 3.06. The van der Waals surface area contributed by atoms with E-state index in [1.54, 1.807) is 0 Å². The van der Waals surface area contributed by atoms with Crippen LogP contribution in [-0.4, -0.2) is 33.6 Å². The fourth-order valence-electron chi connectivity index (χ4n) is 1.95. The molecule has 1 N–H and O–H groups in total. The van der Waals surface area contributed by atoms with Gasteiger partial charge in [0.15, 0.2) is 5.69 Å². The molecular weight excluding hydrogens is 230 g/mol. The molecule has 0 bridgehead atoms. The van der Waals surface area contributed by atoms with Crippen molar-refractivity contribution in [1.82, 2.24) is 9.97 Å². The van der Waals surface area contributed by atoms with Gasteiger partial charge in [-0.1, -0.05) is 13.3 Å². The molecule has 18 heavy (non-hydrogen) atoms. The number of carboxylic acids is 1. The van der Waals surface area contributed by atoms with E-state index in [1.165, 1.54) is 6.07 Å². The number of aryl methyl sites for hydroxylation is 1. The van der Waals surface area contributed by atoms with Crippen LogP contribution >= 0.6 is 0 Å². The van der Waals surface area contributed by atoms with E-state index in [1.807, 2.05) is 6.92 Å². The number of aromatic nitrogens is 2. The van der Waals surface area contributed by atoms with Crippen molar-refractivity contribution in [3.05, 3.63) is 17.5 Å². The van der Waals surface area contributed by atoms with Crippen LogP contribution in [0.3, 0.4) is 0 Å². The summed E-state index contributed by atoms with van der Waals surface area (Å²) in [5.41, 5.74) is 0.791. The maximum Gasteiger partial charge on any atom is 0.354 e. The minimum atomic E-state index is -0.993. The lowest BCUT2D eigenvalue weighted by molar-refractivity contribution is 0.0690. The number of aromatic carboxylic acids is 1. The fraction of sp³-hybridized carbons (Fsp3) is 0.615. The third kappa shape index (κ3) is 2.97. The van der Waals surface area contributed by atoms with Gasteiger partial charge in [0.05, 0.1) is 0 Å². The number of carbonyl (C=O) groups is 1. The van der Waals surface area contributed by atoms with Crippen LogP contribution in [0, 0.1) is 6.92 Å². The summed E-state index contributed by atoms with van der Waals surface area (Å²) in [6.07, 6.45) is 4.50. The van der Waals surface area contributed by atoms with E-state index in [4.69, 9.17) is 5.11 Å². The zero-order valence-electron chi connectivity index (χ0n) is 10.9. The van der Waals surface area contributed by atoms with Crippen LogP contribution in [0.2, 0.25) is 0 Å². The van der Waals surface area contributed by atoms with E-state index < -0.39 is 5.97 Å². The van der Waals surface area contributed by atoms with Gasteiger partial charge in [0.2, 0.25) is 5.95 Å². The van der Waals surface area contributed by atoms with E-state index in [9.17, 15) is 4.79 Å². The standard InChI is InChI=1S/C13H19N3O2/c1-3-4-7-16(10-5-6-10)13-14-9(2)8-11(15-13)12(17)18/h8,10H,3-7H2,1-2H3,(H,17,18). The number of hydrogen-bond acceptors (Lipinski definition) is 4. The maximum atomic E-state index is 11.0. The number of nitrogens with zero attached hydrogens (tertiary/aromatic N) is 3. The molecule has 0 saturated heterocycles. The van der Waals surface area contributed by atoms with Crippen LogP contribution < -0.4 is 4.90 Å². The van der Waals surface area contributed by atoms with Crippen molar-refractivity contribution in [2.45, 2.75) is 45.6 Å². The predicted molar refractivity (Wildman–Crippen MR) is 69.0 cm³/mol. The molecule has 0 amide bonds. The van der Waals surface area contributed by atoms with E-state index in [0.717, 1.165) is 32.2 Å². The minimum absolute atomic E-state index is 0.0830. The van der Waals surface area contributed by atoms with E-state index in [0.29, 0.717) is 17.7 Å². The monoisotopic (exact) mass is 249 g/mol. The Morgan fingerprint density at radius 2 is 2.22 bits per heavy atom. The van der Waals surface area contributed by atoms with Gasteiger partial charge < -0.3 is 10.0 Å². The van der Waals surface area contributed by atoms with Crippen LogP contribution in [0.1, 0.15) is 48.8 Å². The highest BCUT2D eigenvalue weighted by atomic mass is 16.4. The van der Waals surface area contributed by atoms with Crippen molar-refractivity contribution < 1.29 is 9.90 Å². The van der Waals surface area contributed by atoms with Crippen molar-refractivity contribution in [3.63, 3.8) is 0 Å². The fourth-order valence-corrected chi connectivity index (χ4v) is 1.95. The molecule has 2 rings (SSSR count). The Morgan fingerprint density at radius 3 is 2.78 bits per heavy atom. The summed E-state index contributed by atoms with van der Waals surface area (Å²) in [6.45, 7) is 4.86. The molecule has 0 aromatic carbocycles. The first-order valence-electron chi connectivity index (χ1n) is 6.47. The summed E-state index contributed by atoms with van der Waals surface area (Å²) in [6, 6.07) is 2.01. The SMILES string of the molecule is CCCCN(c1nc(C)cc(C(=O)O)n1)C1CC1. The summed E-state index contributed by atoms with van der Waals surface area (Å²) in [5, 5.41) is 9.04. The predicted octanol–water partition coefficient (Wildman–Crippen LogP) is 2.25. The van der Waals surface area contributed by atoms with Crippen molar-refractivity contribution >= 4 is 11.9 Å². The first kappa shape index (κ1) is 12.8. The Morgan fingerprint density at radius 1 is 1.50 bits per heavy atom. The van der Waals surface area contributed by atoms with Gasteiger partial charge in [0, 0.05) is 18.3 Å². The zero-order valence-corrected chi connectivity index (χ0v) is 10.9. The van der Waals surface area contributed by atoms with Gasteiger partial charge in [0.25, 0.3) is 0 Å². The molecule has 0 atom stereocenters. The molecule has 0 radical (unpaired) electrons. The summed E-state index contributed by atoms with van der Waals surface area (Å²) in [4.78, 5) is 21.7. The normalized spacial score (nSPS) is 14.6. The molecule has 5 nitrogen and oxygen atoms in total. The second kappa shape index (κ2) is 5.33. The lowest BCUT2D eigenvalue weighted by atomic mass is 10.3. The Labute approximate surface area is 107 Å². The second-order valence-electron chi connectivity index (χ2n) is 4.78. The Balaban J connectivity index is 2.25. The summed E-state index contributed by atoms with van der Waals surface area (Å²) in [5.74, 6) is -0.420. The van der Waals surface area contributed by atoms with Crippen LogP contribution in [-0.2, 0) is 0 Å². The van der Waals surface area contributed by atoms with Gasteiger partial charge in [-0.3, -0.25) is 0 Å². The number of hydrogen-bond donors (Lipinski definition) is 1. The average molecular weight is 249 g/mol. The molecule has 1 aromatic heterocycles. The molecule has 1 fully saturated rings. The van der Waals surface area contributed by atoms with Gasteiger partial charge >= 0.3 is 5.97 Å². The van der Waals surface area contributed by atoms with Gasteiger partial charge in [-0.05, 0) is 32.3 Å². The minimum Gasteiger partial charge on any atom is -0.477 e. The first-order valence-corrected chi connectivity index (χ1v) is 6.47. The quantitative estimate of drug-likeness (QED) is 0.837. The Hall–Kier alpha value is -1.65. The van der Waals surface area contributed by atoms with Crippen molar-refractivity contribution in [2.75, 3.05) is 11.4 Å². The maximum absolute atomic E-state index is 11.0.